The minimum Gasteiger partial charge on any atom is -0.497 e. The van der Waals surface area contributed by atoms with Crippen molar-refractivity contribution in [3.05, 3.63) is 91.4 Å². The van der Waals surface area contributed by atoms with E-state index in [1.54, 1.807) is 20.2 Å². The summed E-state index contributed by atoms with van der Waals surface area (Å²) in [5.41, 5.74) is 1.15. The molecule has 1 N–H and O–H groups in total. The first kappa shape index (κ1) is 23.3. The number of nitrogens with zero attached hydrogens (tertiary/aromatic N) is 2. The van der Waals surface area contributed by atoms with Crippen LogP contribution in [0.2, 0.25) is 0 Å². The Labute approximate surface area is 200 Å². The van der Waals surface area contributed by atoms with Crippen molar-refractivity contribution in [2.75, 3.05) is 13.7 Å². The highest BCUT2D eigenvalue weighted by Gasteiger charge is 2.18. The molecule has 2 heterocycles. The molecule has 8 nitrogen and oxygen atoms in total. The van der Waals surface area contributed by atoms with Gasteiger partial charge in [0.1, 0.15) is 22.9 Å². The molecule has 4 rings (SSSR count). The number of fused-ring (bicyclic) bond motifs is 1. The van der Waals surface area contributed by atoms with E-state index in [-0.39, 0.29) is 19.1 Å². The van der Waals surface area contributed by atoms with Crippen LogP contribution >= 0.6 is 11.3 Å². The zero-order valence-electron chi connectivity index (χ0n) is 19.2. The summed E-state index contributed by atoms with van der Waals surface area (Å²) in [4.78, 5) is 39.4. The molecular formula is C25H25N3O5S. The smallest absolute Gasteiger partial charge is 0.331 e. The fourth-order valence-corrected chi connectivity index (χ4v) is 4.52. The molecule has 0 unspecified atom stereocenters. The van der Waals surface area contributed by atoms with Gasteiger partial charge in [0, 0.05) is 13.6 Å². The van der Waals surface area contributed by atoms with E-state index in [1.165, 1.54) is 4.57 Å². The number of methoxy groups -OCH3 is 1. The quantitative estimate of drug-likeness (QED) is 0.419. The van der Waals surface area contributed by atoms with Gasteiger partial charge in [-0.15, -0.1) is 11.3 Å². The van der Waals surface area contributed by atoms with E-state index < -0.39 is 11.2 Å². The monoisotopic (exact) mass is 479 g/mol. The summed E-state index contributed by atoms with van der Waals surface area (Å²) >= 11 is 1.12. The maximum Gasteiger partial charge on any atom is 0.331 e. The van der Waals surface area contributed by atoms with Crippen LogP contribution in [0.4, 0.5) is 0 Å². The summed E-state index contributed by atoms with van der Waals surface area (Å²) in [5.74, 6) is 1.10. The maximum absolute atomic E-state index is 13.0. The Morgan fingerprint density at radius 3 is 2.38 bits per heavy atom. The van der Waals surface area contributed by atoms with Crippen LogP contribution in [0, 0.1) is 6.92 Å². The molecule has 0 aliphatic carbocycles. The van der Waals surface area contributed by atoms with Gasteiger partial charge in [-0.25, -0.2) is 4.79 Å². The second-order valence-corrected chi connectivity index (χ2v) is 8.85. The number of rotatable bonds is 8. The van der Waals surface area contributed by atoms with Crippen molar-refractivity contribution >= 4 is 27.5 Å². The first-order valence-electron chi connectivity index (χ1n) is 10.7. The molecule has 0 aliphatic rings. The molecule has 0 saturated carbocycles. The number of aryl methyl sites for hydroxylation is 2. The molecule has 0 bridgehead atoms. The zero-order chi connectivity index (χ0) is 24.2. The Kier molecular flexibility index (Phi) is 6.83. The Morgan fingerprint density at radius 2 is 1.71 bits per heavy atom. The van der Waals surface area contributed by atoms with Gasteiger partial charge in [-0.1, -0.05) is 29.8 Å². The van der Waals surface area contributed by atoms with Crippen LogP contribution in [0.1, 0.15) is 20.8 Å². The van der Waals surface area contributed by atoms with E-state index in [0.717, 1.165) is 32.8 Å². The third-order valence-corrected chi connectivity index (χ3v) is 6.66. The predicted octanol–water partition coefficient (Wildman–Crippen LogP) is 3.09. The molecular weight excluding hydrogens is 454 g/mol. The van der Waals surface area contributed by atoms with Crippen molar-refractivity contribution in [3.8, 4) is 11.5 Å². The van der Waals surface area contributed by atoms with Gasteiger partial charge in [-0.2, -0.15) is 0 Å². The summed E-state index contributed by atoms with van der Waals surface area (Å²) in [6.45, 7) is 2.58. The highest BCUT2D eigenvalue weighted by Crippen LogP contribution is 2.22. The third kappa shape index (κ3) is 4.89. The van der Waals surface area contributed by atoms with E-state index >= 15 is 0 Å². The van der Waals surface area contributed by atoms with Crippen molar-refractivity contribution in [2.24, 2.45) is 7.05 Å². The van der Waals surface area contributed by atoms with Gasteiger partial charge in [0.05, 0.1) is 23.9 Å². The third-order valence-electron chi connectivity index (χ3n) is 5.45. The molecule has 34 heavy (non-hydrogen) atoms. The van der Waals surface area contributed by atoms with Gasteiger partial charge < -0.3 is 14.8 Å². The minimum atomic E-state index is -0.447. The maximum atomic E-state index is 13.0. The van der Waals surface area contributed by atoms with Crippen molar-refractivity contribution < 1.29 is 14.3 Å². The molecule has 0 saturated heterocycles. The van der Waals surface area contributed by atoms with E-state index in [2.05, 4.69) is 5.32 Å². The summed E-state index contributed by atoms with van der Waals surface area (Å²) in [5, 5.41) is 3.18. The van der Waals surface area contributed by atoms with Gasteiger partial charge >= 0.3 is 5.69 Å². The minimum absolute atomic E-state index is 0.101. The molecule has 176 valence electrons. The molecule has 2 aromatic carbocycles. The number of hydrogen-bond acceptors (Lipinski definition) is 6. The average molecular weight is 480 g/mol. The lowest BCUT2D eigenvalue weighted by molar-refractivity contribution is 0.0955. The number of benzene rings is 2. The Bertz CT molecular complexity index is 1430. The summed E-state index contributed by atoms with van der Waals surface area (Å²) in [6.07, 6.45) is 0. The molecule has 0 atom stereocenters. The number of carbonyl (C=O) groups is 1. The van der Waals surface area contributed by atoms with Gasteiger partial charge in [-0.05, 0) is 42.8 Å². The van der Waals surface area contributed by atoms with Crippen molar-refractivity contribution in [1.29, 1.82) is 0 Å². The van der Waals surface area contributed by atoms with Gasteiger partial charge in [0.25, 0.3) is 11.5 Å². The fourth-order valence-electron chi connectivity index (χ4n) is 3.50. The summed E-state index contributed by atoms with van der Waals surface area (Å²) in [7, 11) is 3.19. The van der Waals surface area contributed by atoms with E-state index in [4.69, 9.17) is 9.47 Å². The zero-order valence-corrected chi connectivity index (χ0v) is 20.0. The Hall–Kier alpha value is -3.85. The van der Waals surface area contributed by atoms with Crippen molar-refractivity contribution in [3.63, 3.8) is 0 Å². The van der Waals surface area contributed by atoms with Gasteiger partial charge in [0.2, 0.25) is 0 Å². The Balaban J connectivity index is 1.50. The van der Waals surface area contributed by atoms with Crippen molar-refractivity contribution in [2.45, 2.75) is 20.0 Å². The molecule has 0 spiro atoms. The average Bonchev–Trinajstić information content (AvgIpc) is 3.31. The molecule has 9 heteroatoms. The fraction of sp³-hybridized carbons (Fsp3) is 0.240. The normalized spacial score (nSPS) is 10.9. The largest absolute Gasteiger partial charge is 0.497 e. The molecule has 0 aliphatic heterocycles. The van der Waals surface area contributed by atoms with Gasteiger partial charge in [0.15, 0.2) is 0 Å². The highest BCUT2D eigenvalue weighted by molar-refractivity contribution is 7.20. The molecule has 0 fully saturated rings. The predicted molar refractivity (Wildman–Crippen MR) is 132 cm³/mol. The first-order valence-corrected chi connectivity index (χ1v) is 11.5. The van der Waals surface area contributed by atoms with E-state index in [0.29, 0.717) is 27.4 Å². The van der Waals surface area contributed by atoms with Crippen LogP contribution < -0.4 is 26.0 Å². The molecule has 2 aromatic heterocycles. The number of carbonyl (C=O) groups excluding carboxylic acids is 1. The lowest BCUT2D eigenvalue weighted by Gasteiger charge is -2.10. The summed E-state index contributed by atoms with van der Waals surface area (Å²) < 4.78 is 13.4. The standard InChI is InChI=1S/C25H25N3O5S/c1-16-4-8-19(9-5-16)33-13-12-28-23(30)20-14-21(34-24(20)27(2)25(28)31)22(29)26-15-17-6-10-18(32-3)11-7-17/h4-11,14H,12-13,15H2,1-3H3,(H,26,29). The Morgan fingerprint density at radius 1 is 1.03 bits per heavy atom. The number of nitrogens with one attached hydrogen (secondary N) is 1. The highest BCUT2D eigenvalue weighted by atomic mass is 32.1. The van der Waals surface area contributed by atoms with Gasteiger partial charge in [-0.3, -0.25) is 18.7 Å². The molecule has 1 amide bonds. The van der Waals surface area contributed by atoms with Crippen LogP contribution in [0.5, 0.6) is 11.5 Å². The van der Waals surface area contributed by atoms with Crippen LogP contribution in [0.25, 0.3) is 10.2 Å². The first-order chi connectivity index (χ1) is 16.4. The lowest BCUT2D eigenvalue weighted by Crippen LogP contribution is -2.39. The number of aromatic nitrogens is 2. The van der Waals surface area contributed by atoms with Crippen LogP contribution in [0.15, 0.2) is 64.2 Å². The lowest BCUT2D eigenvalue weighted by atomic mass is 10.2. The van der Waals surface area contributed by atoms with Crippen LogP contribution in [-0.2, 0) is 20.1 Å². The second-order valence-electron chi connectivity index (χ2n) is 7.82. The number of thiophene rings is 1. The number of ether oxygens (including phenoxy) is 2. The second kappa shape index (κ2) is 9.96. The number of amides is 1. The van der Waals surface area contributed by atoms with E-state index in [1.807, 2.05) is 55.5 Å². The van der Waals surface area contributed by atoms with Crippen LogP contribution in [0.3, 0.4) is 0 Å². The number of hydrogen-bond donors (Lipinski definition) is 1. The molecule has 0 radical (unpaired) electrons. The molecule has 4 aromatic rings. The SMILES string of the molecule is COc1ccc(CNC(=O)c2cc3c(=O)n(CCOc4ccc(C)cc4)c(=O)n(C)c3s2)cc1. The van der Waals surface area contributed by atoms with Crippen molar-refractivity contribution in [1.82, 2.24) is 14.5 Å². The summed E-state index contributed by atoms with van der Waals surface area (Å²) in [6, 6.07) is 16.5. The van der Waals surface area contributed by atoms with E-state index in [9.17, 15) is 14.4 Å². The van der Waals surface area contributed by atoms with Crippen LogP contribution in [-0.4, -0.2) is 28.8 Å². The topological polar surface area (TPSA) is 91.6 Å².